The van der Waals surface area contributed by atoms with Gasteiger partial charge in [0.15, 0.2) is 0 Å². The summed E-state index contributed by atoms with van der Waals surface area (Å²) in [5.74, 6) is 1.10. The summed E-state index contributed by atoms with van der Waals surface area (Å²) in [5.41, 5.74) is 1.17. The molecule has 0 N–H and O–H groups in total. The number of amides is 1. The molecular formula is C32H55F2N3O2. The van der Waals surface area contributed by atoms with E-state index in [1.54, 1.807) is 24.9 Å². The smallest absolute Gasteiger partial charge is 0.410 e. The monoisotopic (exact) mass is 551 g/mol. The Kier molecular flexibility index (Phi) is 15.6. The topological polar surface area (TPSA) is 45.1 Å². The summed E-state index contributed by atoms with van der Waals surface area (Å²) < 4.78 is 33.0. The Hall–Kier alpha value is -2.18. The SMILES string of the molecule is CCCC1CCCCC1.C\C=C(C(/C(C)=N/C=C/CC)=C(/C)N1CCN(C(=O)OC(C)(C)C)C(C)C1)\C(F)F. The zero-order valence-corrected chi connectivity index (χ0v) is 26.2. The summed E-state index contributed by atoms with van der Waals surface area (Å²) in [6.45, 7) is 18.5. The first-order chi connectivity index (χ1) is 18.4. The van der Waals surface area contributed by atoms with Gasteiger partial charge in [-0.1, -0.05) is 70.9 Å². The molecule has 1 heterocycles. The van der Waals surface area contributed by atoms with Crippen molar-refractivity contribution in [2.24, 2.45) is 10.9 Å². The van der Waals surface area contributed by atoms with E-state index in [-0.39, 0.29) is 17.7 Å². The van der Waals surface area contributed by atoms with E-state index in [2.05, 4.69) is 16.8 Å². The minimum atomic E-state index is -2.60. The normalized spacial score (nSPS) is 20.7. The molecule has 39 heavy (non-hydrogen) atoms. The molecule has 2 rings (SSSR count). The van der Waals surface area contributed by atoms with Crippen LogP contribution in [0.3, 0.4) is 0 Å². The number of allylic oxidation sites excluding steroid dienone is 5. The second kappa shape index (κ2) is 17.5. The molecule has 1 unspecified atom stereocenters. The Balaban J connectivity index is 0.000000708. The third-order valence-electron chi connectivity index (χ3n) is 7.32. The van der Waals surface area contributed by atoms with Crippen molar-refractivity contribution in [3.8, 4) is 0 Å². The fourth-order valence-corrected chi connectivity index (χ4v) is 5.29. The molecule has 1 aliphatic carbocycles. The van der Waals surface area contributed by atoms with Crippen LogP contribution in [-0.4, -0.2) is 59.3 Å². The minimum Gasteiger partial charge on any atom is -0.444 e. The Morgan fingerprint density at radius 3 is 2.23 bits per heavy atom. The summed E-state index contributed by atoms with van der Waals surface area (Å²) in [6, 6.07) is -0.109. The van der Waals surface area contributed by atoms with E-state index in [0.717, 1.165) is 18.0 Å². The number of nitrogens with zero attached hydrogens (tertiary/aromatic N) is 3. The number of ether oxygens (including phenoxy) is 1. The van der Waals surface area contributed by atoms with Crippen LogP contribution in [-0.2, 0) is 4.74 Å². The third kappa shape index (κ3) is 12.3. The van der Waals surface area contributed by atoms with Crippen molar-refractivity contribution in [2.45, 2.75) is 132 Å². The van der Waals surface area contributed by atoms with Gasteiger partial charge in [0.05, 0.1) is 0 Å². The molecule has 1 amide bonds. The largest absolute Gasteiger partial charge is 0.444 e. The molecule has 5 nitrogen and oxygen atoms in total. The van der Waals surface area contributed by atoms with Crippen LogP contribution < -0.4 is 0 Å². The molecule has 7 heteroatoms. The van der Waals surface area contributed by atoms with Crippen molar-refractivity contribution in [1.82, 2.24) is 9.80 Å². The fraction of sp³-hybridized carbons (Fsp3) is 0.750. The second-order valence-corrected chi connectivity index (χ2v) is 11.8. The van der Waals surface area contributed by atoms with Gasteiger partial charge in [-0.05, 0) is 60.8 Å². The van der Waals surface area contributed by atoms with Crippen molar-refractivity contribution >= 4 is 11.8 Å². The average Bonchev–Trinajstić information content (AvgIpc) is 2.86. The zero-order valence-electron chi connectivity index (χ0n) is 26.2. The van der Waals surface area contributed by atoms with Gasteiger partial charge in [-0.2, -0.15) is 0 Å². The van der Waals surface area contributed by atoms with Gasteiger partial charge in [-0.3, -0.25) is 4.99 Å². The van der Waals surface area contributed by atoms with Crippen LogP contribution in [0.15, 0.2) is 40.2 Å². The first-order valence-corrected chi connectivity index (χ1v) is 15.0. The standard InChI is InChI=1S/C23H37F2N3O2.C9H18/c1-9-11-12-26-17(4)20(19(10-2)21(24)25)18(5)27-13-14-28(16(3)15-27)22(29)30-23(6,7)8;1-2-6-9-7-4-3-5-8-9/h10-12,16,21H,9,13-15H2,1-8H3;9H,2-8H2,1H3/b12-11+,19-10+,20-18-,26-17+;. The molecule has 1 saturated heterocycles. The first kappa shape index (κ1) is 34.8. The summed E-state index contributed by atoms with van der Waals surface area (Å²) >= 11 is 0. The van der Waals surface area contributed by atoms with E-state index in [4.69, 9.17) is 4.74 Å². The quantitative estimate of drug-likeness (QED) is 0.223. The summed E-state index contributed by atoms with van der Waals surface area (Å²) in [7, 11) is 0. The molecule has 0 aromatic heterocycles. The molecular weight excluding hydrogens is 496 g/mol. The molecule has 0 bridgehead atoms. The van der Waals surface area contributed by atoms with Crippen LogP contribution in [0, 0.1) is 5.92 Å². The van der Waals surface area contributed by atoms with Crippen LogP contribution in [0.1, 0.15) is 114 Å². The lowest BCUT2D eigenvalue weighted by Crippen LogP contribution is -2.54. The lowest BCUT2D eigenvalue weighted by molar-refractivity contribution is 0.00493. The van der Waals surface area contributed by atoms with Crippen molar-refractivity contribution in [3.05, 3.63) is 35.2 Å². The highest BCUT2D eigenvalue weighted by Crippen LogP contribution is 2.28. The summed E-state index contributed by atoms with van der Waals surface area (Å²) in [6.07, 6.45) is 13.3. The number of halogens is 2. The van der Waals surface area contributed by atoms with Gasteiger partial charge in [-0.25, -0.2) is 13.6 Å². The second-order valence-electron chi connectivity index (χ2n) is 11.8. The van der Waals surface area contributed by atoms with Gasteiger partial charge >= 0.3 is 6.09 Å². The zero-order chi connectivity index (χ0) is 29.6. The van der Waals surface area contributed by atoms with Crippen LogP contribution in [0.25, 0.3) is 0 Å². The first-order valence-electron chi connectivity index (χ1n) is 15.0. The van der Waals surface area contributed by atoms with Crippen LogP contribution >= 0.6 is 0 Å². The van der Waals surface area contributed by atoms with E-state index in [1.165, 1.54) is 51.0 Å². The molecule has 0 aromatic carbocycles. The number of carbonyl (C=O) groups is 1. The highest BCUT2D eigenvalue weighted by atomic mass is 19.3. The Morgan fingerprint density at radius 2 is 1.74 bits per heavy atom. The van der Waals surface area contributed by atoms with Gasteiger partial charge < -0.3 is 14.5 Å². The number of carbonyl (C=O) groups excluding carboxylic acids is 1. The molecule has 1 aliphatic heterocycles. The van der Waals surface area contributed by atoms with Crippen molar-refractivity contribution < 1.29 is 18.3 Å². The highest BCUT2D eigenvalue weighted by Gasteiger charge is 2.32. The predicted octanol–water partition coefficient (Wildman–Crippen LogP) is 9.16. The summed E-state index contributed by atoms with van der Waals surface area (Å²) in [5, 5.41) is 0. The maximum absolute atomic E-state index is 13.8. The summed E-state index contributed by atoms with van der Waals surface area (Å²) in [4.78, 5) is 20.6. The highest BCUT2D eigenvalue weighted by molar-refractivity contribution is 6.03. The molecule has 0 radical (unpaired) electrons. The van der Waals surface area contributed by atoms with Crippen molar-refractivity contribution in [3.63, 3.8) is 0 Å². The minimum absolute atomic E-state index is 0.0270. The molecule has 2 fully saturated rings. The third-order valence-corrected chi connectivity index (χ3v) is 7.32. The lowest BCUT2D eigenvalue weighted by Gasteiger charge is -2.42. The van der Waals surface area contributed by atoms with E-state index in [1.807, 2.05) is 47.6 Å². The van der Waals surface area contributed by atoms with Gasteiger partial charge in [0.2, 0.25) is 0 Å². The molecule has 1 saturated carbocycles. The average molecular weight is 552 g/mol. The van der Waals surface area contributed by atoms with E-state index in [9.17, 15) is 13.6 Å². The predicted molar refractivity (Wildman–Crippen MR) is 160 cm³/mol. The van der Waals surface area contributed by atoms with E-state index in [0.29, 0.717) is 30.9 Å². The Labute approximate surface area is 237 Å². The number of hydrogen-bond donors (Lipinski definition) is 0. The fourth-order valence-electron chi connectivity index (χ4n) is 5.29. The van der Waals surface area contributed by atoms with Gasteiger partial charge in [0, 0.05) is 54.4 Å². The molecule has 0 spiro atoms. The number of alkyl halides is 2. The molecule has 1 atom stereocenters. The van der Waals surface area contributed by atoms with Gasteiger partial charge in [0.1, 0.15) is 5.60 Å². The van der Waals surface area contributed by atoms with Gasteiger partial charge in [-0.15, -0.1) is 0 Å². The Bertz CT molecular complexity index is 862. The van der Waals surface area contributed by atoms with Crippen LogP contribution in [0.2, 0.25) is 0 Å². The molecule has 224 valence electrons. The number of rotatable bonds is 8. The van der Waals surface area contributed by atoms with Crippen LogP contribution in [0.5, 0.6) is 0 Å². The molecule has 0 aromatic rings. The van der Waals surface area contributed by atoms with Crippen LogP contribution in [0.4, 0.5) is 13.6 Å². The van der Waals surface area contributed by atoms with Crippen molar-refractivity contribution in [1.29, 1.82) is 0 Å². The maximum atomic E-state index is 13.8. The maximum Gasteiger partial charge on any atom is 0.410 e. The van der Waals surface area contributed by atoms with Gasteiger partial charge in [0.25, 0.3) is 6.43 Å². The lowest BCUT2D eigenvalue weighted by atomic mass is 9.86. The van der Waals surface area contributed by atoms with E-state index >= 15 is 0 Å². The Morgan fingerprint density at radius 1 is 1.10 bits per heavy atom. The molecule has 2 aliphatic rings. The number of piperazine rings is 1. The van der Waals surface area contributed by atoms with Crippen molar-refractivity contribution in [2.75, 3.05) is 19.6 Å². The number of hydrogen-bond acceptors (Lipinski definition) is 4. The number of aliphatic imine (C=N–C) groups is 1. The van der Waals surface area contributed by atoms with E-state index < -0.39 is 12.0 Å².